The monoisotopic (exact) mass is 327 g/mol. The lowest BCUT2D eigenvalue weighted by atomic mass is 10.1. The maximum absolute atomic E-state index is 12.4. The molecule has 1 aromatic carbocycles. The summed E-state index contributed by atoms with van der Waals surface area (Å²) in [5.41, 5.74) is 6.64. The summed E-state index contributed by atoms with van der Waals surface area (Å²) in [6.45, 7) is 0. The topological polar surface area (TPSA) is 85.1 Å². The average Bonchev–Trinajstić information content (AvgIpc) is 3.04. The predicted molar refractivity (Wildman–Crippen MR) is 95.0 cm³/mol. The normalized spacial score (nSPS) is 10.3. The van der Waals surface area contributed by atoms with Gasteiger partial charge in [0.15, 0.2) is 0 Å². The SMILES string of the molecule is Nc1ncccc1C(=O)c1ccc(NC(=O)c2ccccc2)s1.[HH].[HH]. The fraction of sp³-hybridized carbons (Fsp3) is 0. The number of amides is 1. The lowest BCUT2D eigenvalue weighted by Gasteiger charge is -2.02. The third-order valence-electron chi connectivity index (χ3n) is 3.19. The van der Waals surface area contributed by atoms with Crippen molar-refractivity contribution >= 4 is 33.8 Å². The van der Waals surface area contributed by atoms with E-state index in [-0.39, 0.29) is 20.4 Å². The number of hydrogen-bond acceptors (Lipinski definition) is 5. The third kappa shape index (κ3) is 3.27. The van der Waals surface area contributed by atoms with Crippen LogP contribution in [0.2, 0.25) is 0 Å². The first-order valence-corrected chi connectivity index (χ1v) is 7.68. The summed E-state index contributed by atoms with van der Waals surface area (Å²) >= 11 is 1.20. The van der Waals surface area contributed by atoms with Gasteiger partial charge in [0.05, 0.1) is 15.4 Å². The summed E-state index contributed by atoms with van der Waals surface area (Å²) in [4.78, 5) is 28.9. The zero-order valence-electron chi connectivity index (χ0n) is 12.0. The number of ketones is 1. The molecule has 0 aliphatic carbocycles. The standard InChI is InChI=1S/C17H13N3O2S.2H2/c18-16-12(7-4-10-19-16)15(21)13-8-9-14(23-13)20-17(22)11-5-2-1-3-6-11;;/h1-10H,(H2,18,19)(H,20,22);2*1H. The minimum atomic E-state index is -0.215. The molecule has 1 amide bonds. The van der Waals surface area contributed by atoms with Gasteiger partial charge in [-0.2, -0.15) is 0 Å². The highest BCUT2D eigenvalue weighted by Gasteiger charge is 2.16. The number of carbonyl (C=O) groups excluding carboxylic acids is 2. The average molecular weight is 327 g/mol. The Bertz CT molecular complexity index is 869. The highest BCUT2D eigenvalue weighted by molar-refractivity contribution is 7.18. The summed E-state index contributed by atoms with van der Waals surface area (Å²) in [5, 5.41) is 3.38. The van der Waals surface area contributed by atoms with E-state index in [1.54, 1.807) is 48.5 Å². The number of hydrogen-bond donors (Lipinski definition) is 2. The number of thiophene rings is 1. The van der Waals surface area contributed by atoms with E-state index in [1.807, 2.05) is 6.07 Å². The fourth-order valence-corrected chi connectivity index (χ4v) is 2.90. The molecule has 2 aromatic heterocycles. The first kappa shape index (κ1) is 14.9. The van der Waals surface area contributed by atoms with Crippen LogP contribution in [0.15, 0.2) is 60.8 Å². The molecule has 3 rings (SSSR count). The van der Waals surface area contributed by atoms with Crippen molar-refractivity contribution in [2.24, 2.45) is 0 Å². The minimum absolute atomic E-state index is 0. The maximum Gasteiger partial charge on any atom is 0.256 e. The number of benzene rings is 1. The van der Waals surface area contributed by atoms with Crippen molar-refractivity contribution in [2.75, 3.05) is 11.1 Å². The predicted octanol–water partition coefficient (Wildman–Crippen LogP) is 3.70. The molecule has 0 atom stereocenters. The second kappa shape index (κ2) is 6.41. The van der Waals surface area contributed by atoms with Gasteiger partial charge in [-0.25, -0.2) is 4.98 Å². The van der Waals surface area contributed by atoms with Crippen molar-refractivity contribution in [2.45, 2.75) is 0 Å². The molecule has 0 bridgehead atoms. The van der Waals surface area contributed by atoms with Crippen LogP contribution in [0.3, 0.4) is 0 Å². The van der Waals surface area contributed by atoms with E-state index in [1.165, 1.54) is 17.5 Å². The Hall–Kier alpha value is -2.99. The van der Waals surface area contributed by atoms with Crippen molar-refractivity contribution in [1.82, 2.24) is 4.98 Å². The number of aromatic nitrogens is 1. The van der Waals surface area contributed by atoms with Crippen molar-refractivity contribution < 1.29 is 12.4 Å². The van der Waals surface area contributed by atoms with Crippen LogP contribution in [0.4, 0.5) is 10.8 Å². The van der Waals surface area contributed by atoms with Crippen LogP contribution >= 0.6 is 11.3 Å². The molecule has 0 saturated carbocycles. The van der Waals surface area contributed by atoms with E-state index in [2.05, 4.69) is 10.3 Å². The fourth-order valence-electron chi connectivity index (χ4n) is 2.04. The van der Waals surface area contributed by atoms with Gasteiger partial charge in [-0.15, -0.1) is 11.3 Å². The van der Waals surface area contributed by atoms with E-state index in [9.17, 15) is 9.59 Å². The number of nitrogens with one attached hydrogen (secondary N) is 1. The third-order valence-corrected chi connectivity index (χ3v) is 4.19. The number of pyridine rings is 1. The molecule has 0 aliphatic heterocycles. The van der Waals surface area contributed by atoms with Gasteiger partial charge in [-0.3, -0.25) is 9.59 Å². The number of anilines is 2. The zero-order chi connectivity index (χ0) is 16.2. The molecule has 118 valence electrons. The molecule has 0 spiro atoms. The summed E-state index contributed by atoms with van der Waals surface area (Å²) in [7, 11) is 0. The molecule has 2 heterocycles. The Morgan fingerprint density at radius 2 is 1.83 bits per heavy atom. The van der Waals surface area contributed by atoms with E-state index in [0.717, 1.165) is 0 Å². The Balaban J connectivity index is 0.00000156. The lowest BCUT2D eigenvalue weighted by Crippen LogP contribution is -2.10. The number of carbonyl (C=O) groups is 2. The second-order valence-corrected chi connectivity index (χ2v) is 5.83. The van der Waals surface area contributed by atoms with Crippen molar-refractivity contribution in [3.8, 4) is 0 Å². The molecule has 23 heavy (non-hydrogen) atoms. The van der Waals surface area contributed by atoms with E-state index < -0.39 is 0 Å². The minimum Gasteiger partial charge on any atom is -0.383 e. The van der Waals surface area contributed by atoms with Crippen LogP contribution in [-0.4, -0.2) is 16.7 Å². The van der Waals surface area contributed by atoms with E-state index >= 15 is 0 Å². The van der Waals surface area contributed by atoms with Crippen LogP contribution in [0.5, 0.6) is 0 Å². The maximum atomic E-state index is 12.4. The van der Waals surface area contributed by atoms with Crippen LogP contribution in [0, 0.1) is 0 Å². The molecule has 0 radical (unpaired) electrons. The largest absolute Gasteiger partial charge is 0.383 e. The second-order valence-electron chi connectivity index (χ2n) is 4.75. The summed E-state index contributed by atoms with van der Waals surface area (Å²) in [6.07, 6.45) is 1.53. The Morgan fingerprint density at radius 1 is 1.04 bits per heavy atom. The van der Waals surface area contributed by atoms with Crippen LogP contribution in [0.1, 0.15) is 28.4 Å². The zero-order valence-corrected chi connectivity index (χ0v) is 12.8. The Labute approximate surface area is 139 Å². The number of rotatable bonds is 4. The molecule has 3 N–H and O–H groups in total. The van der Waals surface area contributed by atoms with Gasteiger partial charge in [-0.05, 0) is 36.4 Å². The Kier molecular flexibility index (Phi) is 4.16. The van der Waals surface area contributed by atoms with E-state index in [4.69, 9.17) is 5.73 Å². The lowest BCUT2D eigenvalue weighted by molar-refractivity contribution is 0.102. The molecule has 0 saturated heterocycles. The van der Waals surface area contributed by atoms with Crippen molar-refractivity contribution in [3.05, 3.63) is 76.8 Å². The van der Waals surface area contributed by atoms with Gasteiger partial charge in [0.25, 0.3) is 5.91 Å². The summed E-state index contributed by atoms with van der Waals surface area (Å²) in [6, 6.07) is 15.5. The molecular formula is C17H17N3O2S. The summed E-state index contributed by atoms with van der Waals surface area (Å²) < 4.78 is 0. The molecule has 6 heteroatoms. The van der Waals surface area contributed by atoms with Crippen molar-refractivity contribution in [1.29, 1.82) is 0 Å². The van der Waals surface area contributed by atoms with Gasteiger partial charge in [0.1, 0.15) is 5.82 Å². The quantitative estimate of drug-likeness (QED) is 0.716. The number of nitrogen functional groups attached to an aromatic ring is 1. The molecule has 3 aromatic rings. The van der Waals surface area contributed by atoms with Gasteiger partial charge < -0.3 is 11.1 Å². The molecule has 0 aliphatic rings. The van der Waals surface area contributed by atoms with Gasteiger partial charge >= 0.3 is 0 Å². The Morgan fingerprint density at radius 3 is 2.57 bits per heavy atom. The van der Waals surface area contributed by atoms with Gasteiger partial charge in [-0.1, -0.05) is 18.2 Å². The first-order chi connectivity index (χ1) is 11.1. The smallest absolute Gasteiger partial charge is 0.256 e. The van der Waals surface area contributed by atoms with Gasteiger partial charge in [0.2, 0.25) is 5.78 Å². The highest BCUT2D eigenvalue weighted by Crippen LogP contribution is 2.26. The van der Waals surface area contributed by atoms with Crippen LogP contribution in [0.25, 0.3) is 0 Å². The molecule has 0 fully saturated rings. The first-order valence-electron chi connectivity index (χ1n) is 6.86. The van der Waals surface area contributed by atoms with Crippen molar-refractivity contribution in [3.63, 3.8) is 0 Å². The molecule has 5 nitrogen and oxygen atoms in total. The molecular weight excluding hydrogens is 310 g/mol. The number of nitrogens with two attached hydrogens (primary N) is 1. The van der Waals surface area contributed by atoms with Crippen LogP contribution in [-0.2, 0) is 0 Å². The van der Waals surface area contributed by atoms with Crippen LogP contribution < -0.4 is 11.1 Å². The summed E-state index contributed by atoms with van der Waals surface area (Å²) in [5.74, 6) is -0.228. The van der Waals surface area contributed by atoms with Gasteiger partial charge in [0, 0.05) is 14.6 Å². The highest BCUT2D eigenvalue weighted by atomic mass is 32.1. The number of nitrogens with zero attached hydrogens (tertiary/aromatic N) is 1. The molecule has 0 unspecified atom stereocenters. The van der Waals surface area contributed by atoms with E-state index in [0.29, 0.717) is 21.0 Å².